The van der Waals surface area contributed by atoms with E-state index in [-0.39, 0.29) is 5.91 Å². The van der Waals surface area contributed by atoms with Gasteiger partial charge in [0.05, 0.1) is 22.2 Å². The van der Waals surface area contributed by atoms with Gasteiger partial charge in [-0.1, -0.05) is 12.1 Å². The molecule has 2 aromatic heterocycles. The van der Waals surface area contributed by atoms with E-state index in [9.17, 15) is 4.79 Å². The number of rotatable bonds is 5. The van der Waals surface area contributed by atoms with Crippen LogP contribution < -0.4 is 11.1 Å². The third-order valence-corrected chi connectivity index (χ3v) is 5.96. The summed E-state index contributed by atoms with van der Waals surface area (Å²) in [6.07, 6.45) is 1.31. The van der Waals surface area contributed by atoms with Gasteiger partial charge in [-0.15, -0.1) is 11.3 Å². The molecule has 1 aromatic carbocycles. The van der Waals surface area contributed by atoms with Crippen molar-refractivity contribution in [3.8, 4) is 10.8 Å². The fourth-order valence-corrected chi connectivity index (χ4v) is 4.13. The molecule has 7 heteroatoms. The highest BCUT2D eigenvalue weighted by Gasteiger charge is 2.38. The average molecular weight is 371 g/mol. The number of fused-ring (bicyclic) bond motifs is 1. The Bertz CT molecular complexity index is 879. The van der Waals surface area contributed by atoms with Gasteiger partial charge in [0.15, 0.2) is 10.8 Å². The molecule has 0 radical (unpaired) electrons. The van der Waals surface area contributed by atoms with Crippen LogP contribution in [0.25, 0.3) is 21.0 Å². The fraction of sp³-hybridized carbons (Fsp3) is 0.368. The van der Waals surface area contributed by atoms with Gasteiger partial charge in [0.1, 0.15) is 5.76 Å². The second-order valence-electron chi connectivity index (χ2n) is 6.53. The van der Waals surface area contributed by atoms with Crippen molar-refractivity contribution in [1.82, 2.24) is 10.3 Å². The fourth-order valence-electron chi connectivity index (χ4n) is 3.21. The van der Waals surface area contributed by atoms with Gasteiger partial charge in [-0.2, -0.15) is 0 Å². The van der Waals surface area contributed by atoms with Gasteiger partial charge in [-0.3, -0.25) is 4.79 Å². The number of nitrogens with two attached hydrogens (primary N) is 1. The highest BCUT2D eigenvalue weighted by atomic mass is 32.1. The molecule has 0 unspecified atom stereocenters. The molecule has 26 heavy (non-hydrogen) atoms. The summed E-state index contributed by atoms with van der Waals surface area (Å²) in [5.41, 5.74) is 6.31. The lowest BCUT2D eigenvalue weighted by Crippen LogP contribution is -2.48. The van der Waals surface area contributed by atoms with E-state index in [1.165, 1.54) is 0 Å². The first-order valence-corrected chi connectivity index (χ1v) is 9.53. The largest absolute Gasteiger partial charge is 0.457 e. The van der Waals surface area contributed by atoms with Crippen LogP contribution in [-0.4, -0.2) is 30.6 Å². The molecule has 3 heterocycles. The predicted octanol–water partition coefficient (Wildman–Crippen LogP) is 2.93. The maximum Gasteiger partial charge on any atom is 0.228 e. The zero-order chi connectivity index (χ0) is 18.0. The summed E-state index contributed by atoms with van der Waals surface area (Å²) in [5.74, 6) is 1.39. The maximum atomic E-state index is 12.6. The van der Waals surface area contributed by atoms with Crippen molar-refractivity contribution < 1.29 is 13.9 Å². The van der Waals surface area contributed by atoms with Crippen molar-refractivity contribution in [2.75, 3.05) is 19.8 Å². The van der Waals surface area contributed by atoms with E-state index < -0.39 is 5.41 Å². The summed E-state index contributed by atoms with van der Waals surface area (Å²) >= 11 is 1.59. The number of furan rings is 1. The number of ether oxygens (including phenoxy) is 1. The van der Waals surface area contributed by atoms with Crippen molar-refractivity contribution >= 4 is 27.5 Å². The van der Waals surface area contributed by atoms with Crippen LogP contribution in [0.5, 0.6) is 0 Å². The number of hydrogen-bond donors (Lipinski definition) is 2. The third-order valence-electron chi connectivity index (χ3n) is 4.91. The van der Waals surface area contributed by atoms with E-state index in [4.69, 9.17) is 14.9 Å². The quantitative estimate of drug-likeness (QED) is 0.720. The van der Waals surface area contributed by atoms with Crippen LogP contribution in [0.1, 0.15) is 18.6 Å². The van der Waals surface area contributed by atoms with Crippen LogP contribution in [-0.2, 0) is 16.1 Å². The molecule has 1 fully saturated rings. The van der Waals surface area contributed by atoms with Crippen LogP contribution in [0.15, 0.2) is 40.8 Å². The molecule has 3 aromatic rings. The number of thiazole rings is 1. The number of amides is 1. The molecular weight excluding hydrogens is 350 g/mol. The van der Waals surface area contributed by atoms with Gasteiger partial charge in [0.25, 0.3) is 0 Å². The Labute approximate surface area is 155 Å². The number of nitrogens with one attached hydrogen (secondary N) is 1. The maximum absolute atomic E-state index is 12.6. The van der Waals surface area contributed by atoms with Crippen LogP contribution in [0.4, 0.5) is 0 Å². The lowest BCUT2D eigenvalue weighted by atomic mass is 9.79. The minimum Gasteiger partial charge on any atom is -0.457 e. The Hall–Kier alpha value is -2.22. The lowest BCUT2D eigenvalue weighted by Gasteiger charge is -2.34. The van der Waals surface area contributed by atoms with Crippen LogP contribution in [0.3, 0.4) is 0 Å². The number of hydrogen-bond acceptors (Lipinski definition) is 6. The Kier molecular flexibility index (Phi) is 4.76. The first kappa shape index (κ1) is 17.2. The van der Waals surface area contributed by atoms with Crippen molar-refractivity contribution in [3.63, 3.8) is 0 Å². The van der Waals surface area contributed by atoms with Gasteiger partial charge in [-0.25, -0.2) is 4.98 Å². The Morgan fingerprint density at radius 1 is 1.23 bits per heavy atom. The van der Waals surface area contributed by atoms with Crippen molar-refractivity contribution in [1.29, 1.82) is 0 Å². The van der Waals surface area contributed by atoms with Crippen LogP contribution in [0, 0.1) is 5.41 Å². The van der Waals surface area contributed by atoms with Gasteiger partial charge >= 0.3 is 0 Å². The van der Waals surface area contributed by atoms with Gasteiger partial charge in [0.2, 0.25) is 5.91 Å². The number of benzene rings is 1. The molecule has 0 aliphatic carbocycles. The lowest BCUT2D eigenvalue weighted by molar-refractivity contribution is -0.136. The molecule has 1 aliphatic rings. The molecule has 1 aliphatic heterocycles. The van der Waals surface area contributed by atoms with Crippen LogP contribution >= 0.6 is 11.3 Å². The smallest absolute Gasteiger partial charge is 0.228 e. The minimum absolute atomic E-state index is 0.0266. The zero-order valence-corrected chi connectivity index (χ0v) is 15.2. The van der Waals surface area contributed by atoms with Crippen molar-refractivity contribution in [2.45, 2.75) is 19.4 Å². The molecule has 6 nitrogen and oxygen atoms in total. The first-order valence-electron chi connectivity index (χ1n) is 8.71. The third kappa shape index (κ3) is 3.25. The molecule has 0 spiro atoms. The minimum atomic E-state index is -0.527. The number of carbonyl (C=O) groups is 1. The average Bonchev–Trinajstić information content (AvgIpc) is 3.33. The van der Waals surface area contributed by atoms with Gasteiger partial charge < -0.3 is 20.2 Å². The van der Waals surface area contributed by atoms with E-state index in [2.05, 4.69) is 10.3 Å². The second kappa shape index (κ2) is 7.19. The van der Waals surface area contributed by atoms with E-state index in [1.54, 1.807) is 11.3 Å². The zero-order valence-electron chi connectivity index (χ0n) is 14.4. The molecule has 1 amide bonds. The highest BCUT2D eigenvalue weighted by molar-refractivity contribution is 7.21. The van der Waals surface area contributed by atoms with E-state index >= 15 is 0 Å². The summed E-state index contributed by atoms with van der Waals surface area (Å²) in [7, 11) is 0. The summed E-state index contributed by atoms with van der Waals surface area (Å²) in [6.45, 7) is 1.82. The Morgan fingerprint density at radius 2 is 2.04 bits per heavy atom. The van der Waals surface area contributed by atoms with E-state index in [0.717, 1.165) is 21.0 Å². The second-order valence-corrected chi connectivity index (χ2v) is 7.56. The number of carbonyl (C=O) groups excluding carboxylic acids is 1. The SMILES string of the molecule is NCC1(C(=O)NCc2ccc(-c3nc4ccccc4s3)o2)CCOCC1. The van der Waals surface area contributed by atoms with E-state index in [1.807, 2.05) is 36.4 Å². The molecule has 0 bridgehead atoms. The topological polar surface area (TPSA) is 90.4 Å². The van der Waals surface area contributed by atoms with Crippen molar-refractivity contribution in [2.24, 2.45) is 11.1 Å². The van der Waals surface area contributed by atoms with Crippen molar-refractivity contribution in [3.05, 3.63) is 42.2 Å². The monoisotopic (exact) mass is 371 g/mol. The molecule has 3 N–H and O–H groups in total. The van der Waals surface area contributed by atoms with Crippen LogP contribution in [0.2, 0.25) is 0 Å². The van der Waals surface area contributed by atoms with Gasteiger partial charge in [-0.05, 0) is 37.1 Å². The predicted molar refractivity (Wildman–Crippen MR) is 101 cm³/mol. The van der Waals surface area contributed by atoms with Gasteiger partial charge in [0, 0.05) is 19.8 Å². The normalized spacial score (nSPS) is 16.7. The molecule has 0 saturated carbocycles. The Balaban J connectivity index is 1.44. The molecule has 1 saturated heterocycles. The highest BCUT2D eigenvalue weighted by Crippen LogP contribution is 2.32. The molecule has 136 valence electrons. The molecule has 0 atom stereocenters. The summed E-state index contributed by atoms with van der Waals surface area (Å²) in [4.78, 5) is 17.2. The molecule has 4 rings (SSSR count). The number of nitrogens with zero attached hydrogens (tertiary/aromatic N) is 1. The number of para-hydroxylation sites is 1. The summed E-state index contributed by atoms with van der Waals surface area (Å²) in [6, 6.07) is 11.8. The molecular formula is C19H21N3O3S. The summed E-state index contributed by atoms with van der Waals surface area (Å²) < 4.78 is 12.4. The standard InChI is InChI=1S/C19H21N3O3S/c20-12-19(7-9-24-10-8-19)18(23)21-11-13-5-6-15(25-13)17-22-14-3-1-2-4-16(14)26-17/h1-6H,7-12,20H2,(H,21,23). The Morgan fingerprint density at radius 3 is 2.81 bits per heavy atom. The summed E-state index contributed by atoms with van der Waals surface area (Å²) in [5, 5.41) is 3.81. The first-order chi connectivity index (χ1) is 12.7. The number of aromatic nitrogens is 1. The van der Waals surface area contributed by atoms with E-state index in [0.29, 0.717) is 44.9 Å².